The van der Waals surface area contributed by atoms with Gasteiger partial charge < -0.3 is 19.9 Å². The van der Waals surface area contributed by atoms with Gasteiger partial charge in [-0.15, -0.1) is 0 Å². The molecule has 2 amide bonds. The largest absolute Gasteiger partial charge is 0.497 e. The molecule has 0 spiro atoms. The van der Waals surface area contributed by atoms with E-state index in [0.717, 1.165) is 44.7 Å². The SMILES string of the molecule is COc1cccc(N2C[C@H](C(=O)NCC3(N4CCN(C)CC4)CCCCC3)CC2=O)c1. The van der Waals surface area contributed by atoms with Crippen LogP contribution in [0.2, 0.25) is 0 Å². The predicted octanol–water partition coefficient (Wildman–Crippen LogP) is 2.11. The maximum absolute atomic E-state index is 13.1. The molecule has 1 aliphatic carbocycles. The van der Waals surface area contributed by atoms with Crippen molar-refractivity contribution >= 4 is 17.5 Å². The molecule has 0 bridgehead atoms. The minimum absolute atomic E-state index is 0.000139. The number of carbonyl (C=O) groups excluding carboxylic acids is 2. The van der Waals surface area contributed by atoms with E-state index < -0.39 is 0 Å². The summed E-state index contributed by atoms with van der Waals surface area (Å²) < 4.78 is 5.28. The molecular formula is C24H36N4O3. The van der Waals surface area contributed by atoms with Gasteiger partial charge in [-0.2, -0.15) is 0 Å². The standard InChI is InChI=1S/C24H36N4O3/c1-26-11-13-27(14-12-26)24(9-4-3-5-10-24)18-25-23(30)19-15-22(29)28(17-19)20-7-6-8-21(16-20)31-2/h6-8,16,19H,3-5,9-15,17-18H2,1-2H3,(H,25,30)/t19-/m1/s1. The zero-order chi connectivity index (χ0) is 21.8. The van der Waals surface area contributed by atoms with Gasteiger partial charge in [-0.25, -0.2) is 0 Å². The summed E-state index contributed by atoms with van der Waals surface area (Å²) in [5.41, 5.74) is 0.866. The van der Waals surface area contributed by atoms with Crippen LogP contribution in [0.25, 0.3) is 0 Å². The second-order valence-electron chi connectivity index (χ2n) is 9.40. The zero-order valence-corrected chi connectivity index (χ0v) is 18.9. The van der Waals surface area contributed by atoms with Crippen molar-refractivity contribution in [2.24, 2.45) is 5.92 Å². The highest BCUT2D eigenvalue weighted by Gasteiger charge is 2.41. The fourth-order valence-corrected chi connectivity index (χ4v) is 5.40. The number of piperazine rings is 1. The first kappa shape index (κ1) is 22.1. The molecule has 2 heterocycles. The second kappa shape index (κ2) is 9.57. The highest BCUT2D eigenvalue weighted by molar-refractivity contribution is 6.00. The molecule has 0 aromatic heterocycles. The van der Waals surface area contributed by atoms with E-state index >= 15 is 0 Å². The lowest BCUT2D eigenvalue weighted by Crippen LogP contribution is -2.61. The van der Waals surface area contributed by atoms with Crippen LogP contribution in [0.5, 0.6) is 5.75 Å². The quantitative estimate of drug-likeness (QED) is 0.752. The van der Waals surface area contributed by atoms with E-state index in [0.29, 0.717) is 18.8 Å². The van der Waals surface area contributed by atoms with Crippen molar-refractivity contribution in [2.75, 3.05) is 58.3 Å². The minimum Gasteiger partial charge on any atom is -0.497 e. The van der Waals surface area contributed by atoms with Crippen molar-refractivity contribution in [2.45, 2.75) is 44.1 Å². The molecule has 7 heteroatoms. The number of likely N-dealkylation sites (N-methyl/N-ethyl adjacent to an activating group) is 1. The number of carbonyl (C=O) groups is 2. The normalized spacial score (nSPS) is 24.9. The zero-order valence-electron chi connectivity index (χ0n) is 18.9. The average Bonchev–Trinajstić information content (AvgIpc) is 3.20. The van der Waals surface area contributed by atoms with Gasteiger partial charge in [0.25, 0.3) is 0 Å². The molecule has 3 aliphatic rings. The van der Waals surface area contributed by atoms with Crippen molar-refractivity contribution in [3.05, 3.63) is 24.3 Å². The van der Waals surface area contributed by atoms with E-state index in [4.69, 9.17) is 4.74 Å². The van der Waals surface area contributed by atoms with Crippen LogP contribution in [0.15, 0.2) is 24.3 Å². The first-order chi connectivity index (χ1) is 15.0. The third-order valence-corrected chi connectivity index (χ3v) is 7.41. The smallest absolute Gasteiger partial charge is 0.227 e. The lowest BCUT2D eigenvalue weighted by molar-refractivity contribution is -0.127. The molecule has 1 N–H and O–H groups in total. The fourth-order valence-electron chi connectivity index (χ4n) is 5.40. The number of methoxy groups -OCH3 is 1. The van der Waals surface area contributed by atoms with Gasteiger partial charge in [-0.1, -0.05) is 25.3 Å². The van der Waals surface area contributed by atoms with Crippen LogP contribution in [0.1, 0.15) is 38.5 Å². The summed E-state index contributed by atoms with van der Waals surface area (Å²) in [4.78, 5) is 32.4. The van der Waals surface area contributed by atoms with Crippen LogP contribution in [-0.4, -0.2) is 80.6 Å². The van der Waals surface area contributed by atoms with Crippen LogP contribution in [0.4, 0.5) is 5.69 Å². The molecule has 3 fully saturated rings. The van der Waals surface area contributed by atoms with Crippen molar-refractivity contribution in [3.8, 4) is 5.75 Å². The number of nitrogens with one attached hydrogen (secondary N) is 1. The summed E-state index contributed by atoms with van der Waals surface area (Å²) in [5, 5.41) is 3.26. The molecule has 170 valence electrons. The highest BCUT2D eigenvalue weighted by atomic mass is 16.5. The van der Waals surface area contributed by atoms with E-state index in [2.05, 4.69) is 22.2 Å². The Morgan fingerprint density at radius 2 is 1.90 bits per heavy atom. The fraction of sp³-hybridized carbons (Fsp3) is 0.667. The predicted molar refractivity (Wildman–Crippen MR) is 121 cm³/mol. The monoisotopic (exact) mass is 428 g/mol. The van der Waals surface area contributed by atoms with Crippen LogP contribution >= 0.6 is 0 Å². The van der Waals surface area contributed by atoms with Crippen LogP contribution in [0, 0.1) is 5.92 Å². The van der Waals surface area contributed by atoms with Gasteiger partial charge in [0.05, 0.1) is 13.0 Å². The lowest BCUT2D eigenvalue weighted by atomic mass is 9.79. The van der Waals surface area contributed by atoms with E-state index in [1.807, 2.05) is 24.3 Å². The Kier molecular flexibility index (Phi) is 6.82. The number of nitrogens with zero attached hydrogens (tertiary/aromatic N) is 3. The summed E-state index contributed by atoms with van der Waals surface area (Å²) in [6.07, 6.45) is 6.31. The molecule has 2 aliphatic heterocycles. The number of hydrogen-bond donors (Lipinski definition) is 1. The maximum atomic E-state index is 13.1. The molecule has 0 unspecified atom stereocenters. The Labute approximate surface area is 185 Å². The lowest BCUT2D eigenvalue weighted by Gasteiger charge is -2.49. The van der Waals surface area contributed by atoms with Crippen LogP contribution in [0.3, 0.4) is 0 Å². The third kappa shape index (κ3) is 4.88. The number of amides is 2. The topological polar surface area (TPSA) is 65.1 Å². The average molecular weight is 429 g/mol. The molecule has 4 rings (SSSR count). The maximum Gasteiger partial charge on any atom is 0.227 e. The van der Waals surface area contributed by atoms with Crippen molar-refractivity contribution in [1.82, 2.24) is 15.1 Å². The summed E-state index contributed by atoms with van der Waals surface area (Å²) >= 11 is 0. The van der Waals surface area contributed by atoms with Crippen molar-refractivity contribution < 1.29 is 14.3 Å². The van der Waals surface area contributed by atoms with Gasteiger partial charge in [-0.3, -0.25) is 14.5 Å². The number of hydrogen-bond acceptors (Lipinski definition) is 5. The molecule has 2 saturated heterocycles. The summed E-state index contributed by atoms with van der Waals surface area (Å²) in [6, 6.07) is 7.47. The van der Waals surface area contributed by atoms with Gasteiger partial charge in [0, 0.05) is 63.0 Å². The molecule has 1 aromatic rings. The molecule has 7 nitrogen and oxygen atoms in total. The van der Waals surface area contributed by atoms with Gasteiger partial charge in [0.1, 0.15) is 5.75 Å². The van der Waals surface area contributed by atoms with E-state index in [1.165, 1.54) is 19.3 Å². The first-order valence-corrected chi connectivity index (χ1v) is 11.7. The molecule has 1 atom stereocenters. The van der Waals surface area contributed by atoms with Crippen molar-refractivity contribution in [3.63, 3.8) is 0 Å². The second-order valence-corrected chi connectivity index (χ2v) is 9.40. The Bertz CT molecular complexity index is 785. The molecule has 1 aromatic carbocycles. The Morgan fingerprint density at radius 1 is 1.16 bits per heavy atom. The van der Waals surface area contributed by atoms with Crippen molar-refractivity contribution in [1.29, 1.82) is 0 Å². The summed E-state index contributed by atoms with van der Waals surface area (Å²) in [5.74, 6) is 0.425. The van der Waals surface area contributed by atoms with Gasteiger partial charge in [0.2, 0.25) is 11.8 Å². The van der Waals surface area contributed by atoms with E-state index in [9.17, 15) is 9.59 Å². The molecular weight excluding hydrogens is 392 g/mol. The van der Waals surface area contributed by atoms with Gasteiger partial charge >= 0.3 is 0 Å². The number of benzene rings is 1. The third-order valence-electron chi connectivity index (χ3n) is 7.41. The number of ether oxygens (including phenoxy) is 1. The Morgan fingerprint density at radius 3 is 2.61 bits per heavy atom. The molecule has 1 saturated carbocycles. The summed E-state index contributed by atoms with van der Waals surface area (Å²) in [6.45, 7) is 5.43. The first-order valence-electron chi connectivity index (χ1n) is 11.7. The molecule has 0 radical (unpaired) electrons. The van der Waals surface area contributed by atoms with E-state index in [1.54, 1.807) is 12.0 Å². The number of rotatable bonds is 6. The molecule has 31 heavy (non-hydrogen) atoms. The Hall–Kier alpha value is -2.12. The highest BCUT2D eigenvalue weighted by Crippen LogP contribution is 2.34. The van der Waals surface area contributed by atoms with Crippen LogP contribution < -0.4 is 15.0 Å². The van der Waals surface area contributed by atoms with Crippen LogP contribution in [-0.2, 0) is 9.59 Å². The summed E-state index contributed by atoms with van der Waals surface area (Å²) in [7, 11) is 3.79. The van der Waals surface area contributed by atoms with Gasteiger partial charge in [0.15, 0.2) is 0 Å². The number of anilines is 1. The Balaban J connectivity index is 1.38. The minimum atomic E-state index is -0.299. The van der Waals surface area contributed by atoms with E-state index in [-0.39, 0.29) is 29.7 Å². The van der Waals surface area contributed by atoms with Gasteiger partial charge in [-0.05, 0) is 32.0 Å².